The van der Waals surface area contributed by atoms with Crippen molar-refractivity contribution in [3.8, 4) is 0 Å². The van der Waals surface area contributed by atoms with E-state index in [4.69, 9.17) is 4.74 Å². The number of nitrogens with zero attached hydrogens (tertiary/aromatic N) is 3. The molecule has 1 atom stereocenters. The lowest BCUT2D eigenvalue weighted by atomic mass is 9.96. The third-order valence-electron chi connectivity index (χ3n) is 5.74. The van der Waals surface area contributed by atoms with E-state index in [1.165, 1.54) is 10.7 Å². The molecule has 4 aromatic rings. The molecule has 6 nitrogen and oxygen atoms in total. The molecule has 1 amide bonds. The predicted octanol–water partition coefficient (Wildman–Crippen LogP) is 5.05. The van der Waals surface area contributed by atoms with E-state index < -0.39 is 23.8 Å². The van der Waals surface area contributed by atoms with Crippen LogP contribution in [0.4, 0.5) is 18.0 Å². The number of hydrogen-bond acceptors (Lipinski definition) is 4. The van der Waals surface area contributed by atoms with Crippen LogP contribution in [0.25, 0.3) is 21.8 Å². The van der Waals surface area contributed by atoms with Crippen molar-refractivity contribution in [2.45, 2.75) is 32.7 Å². The van der Waals surface area contributed by atoms with Crippen LogP contribution in [0.3, 0.4) is 0 Å². The Bertz CT molecular complexity index is 1380. The van der Waals surface area contributed by atoms with Crippen LogP contribution in [0.15, 0.2) is 42.5 Å². The molecule has 1 N–H and O–H groups in total. The second-order valence-corrected chi connectivity index (χ2v) is 7.86. The number of alkyl halides is 3. The van der Waals surface area contributed by atoms with Crippen molar-refractivity contribution in [1.29, 1.82) is 0 Å². The van der Waals surface area contributed by atoms with Gasteiger partial charge >= 0.3 is 12.2 Å². The zero-order chi connectivity index (χ0) is 22.6. The van der Waals surface area contributed by atoms with Crippen LogP contribution < -0.4 is 5.32 Å². The van der Waals surface area contributed by atoms with E-state index >= 15 is 0 Å². The van der Waals surface area contributed by atoms with Crippen molar-refractivity contribution in [2.75, 3.05) is 6.61 Å². The highest BCUT2D eigenvalue weighted by Crippen LogP contribution is 2.34. The van der Waals surface area contributed by atoms with Crippen LogP contribution >= 0.6 is 0 Å². The molecule has 1 aliphatic rings. The molecule has 0 spiro atoms. The van der Waals surface area contributed by atoms with Gasteiger partial charge in [0, 0.05) is 10.8 Å². The number of ether oxygens (including phenoxy) is 1. The quantitative estimate of drug-likeness (QED) is 0.450. The number of fused-ring (bicyclic) bond motifs is 4. The van der Waals surface area contributed by atoms with Crippen molar-refractivity contribution in [2.24, 2.45) is 0 Å². The highest BCUT2D eigenvalue weighted by molar-refractivity contribution is 6.08. The molecule has 0 bridgehead atoms. The Balaban J connectivity index is 1.53. The summed E-state index contributed by atoms with van der Waals surface area (Å²) in [6.07, 6.45) is -4.44. The van der Waals surface area contributed by atoms with Crippen LogP contribution in [-0.2, 0) is 17.5 Å². The molecular weight excluding hydrogens is 421 g/mol. The molecule has 0 unspecified atom stereocenters. The summed E-state index contributed by atoms with van der Waals surface area (Å²) in [5.74, 6) is 0. The van der Waals surface area contributed by atoms with Gasteiger partial charge in [-0.15, -0.1) is 0 Å². The first kappa shape index (κ1) is 20.4. The van der Waals surface area contributed by atoms with E-state index in [0.717, 1.165) is 28.4 Å². The van der Waals surface area contributed by atoms with Crippen molar-refractivity contribution in [1.82, 2.24) is 20.1 Å². The van der Waals surface area contributed by atoms with Crippen LogP contribution in [0, 0.1) is 13.8 Å². The maximum atomic E-state index is 13.2. The lowest BCUT2D eigenvalue weighted by molar-refractivity contribution is -0.137. The summed E-state index contributed by atoms with van der Waals surface area (Å²) in [4.78, 5) is 17.8. The Hall–Kier alpha value is -3.46. The van der Waals surface area contributed by atoms with Crippen molar-refractivity contribution >= 4 is 27.8 Å². The zero-order valence-electron chi connectivity index (χ0n) is 17.3. The third kappa shape index (κ3) is 3.29. The highest BCUT2D eigenvalue weighted by Gasteiger charge is 2.33. The van der Waals surface area contributed by atoms with Crippen molar-refractivity contribution < 1.29 is 22.7 Å². The molecule has 32 heavy (non-hydrogen) atoms. The Kier molecular flexibility index (Phi) is 4.67. The first-order chi connectivity index (χ1) is 15.2. The van der Waals surface area contributed by atoms with Gasteiger partial charge in [-0.05, 0) is 43.2 Å². The summed E-state index contributed by atoms with van der Waals surface area (Å²) in [5.41, 5.74) is 3.03. The summed E-state index contributed by atoms with van der Waals surface area (Å²) >= 11 is 0. The number of nitrogens with one attached hydrogen (secondary N) is 1. The number of hydrogen-bond donors (Lipinski definition) is 1. The second kappa shape index (κ2) is 7.30. The average Bonchev–Trinajstić information content (AvgIpc) is 3.11. The number of aromatic nitrogens is 3. The van der Waals surface area contributed by atoms with E-state index in [9.17, 15) is 18.0 Å². The van der Waals surface area contributed by atoms with Gasteiger partial charge in [0.15, 0.2) is 0 Å². The molecular formula is C23H19F3N4O2. The number of carbonyl (C=O) groups excluding carboxylic acids is 1. The number of rotatable bonds is 1. The predicted molar refractivity (Wildman–Crippen MR) is 112 cm³/mol. The van der Waals surface area contributed by atoms with Crippen molar-refractivity contribution in [3.63, 3.8) is 0 Å². The Morgan fingerprint density at radius 2 is 1.94 bits per heavy atom. The minimum atomic E-state index is -4.44. The number of carbonyl (C=O) groups is 1. The molecule has 9 heteroatoms. The van der Waals surface area contributed by atoms with Gasteiger partial charge in [0.1, 0.15) is 5.52 Å². The topological polar surface area (TPSA) is 69.0 Å². The van der Waals surface area contributed by atoms with Crippen molar-refractivity contribution in [3.05, 3.63) is 70.5 Å². The second-order valence-electron chi connectivity index (χ2n) is 7.86. The third-order valence-corrected chi connectivity index (χ3v) is 5.74. The molecule has 0 aliphatic carbocycles. The Morgan fingerprint density at radius 1 is 1.16 bits per heavy atom. The number of amides is 1. The molecule has 164 valence electrons. The molecule has 0 fully saturated rings. The number of halogens is 3. The van der Waals surface area contributed by atoms with Gasteiger partial charge in [-0.2, -0.15) is 23.0 Å². The summed E-state index contributed by atoms with van der Waals surface area (Å²) in [6.45, 7) is 3.86. The maximum Gasteiger partial charge on any atom is 0.416 e. The fourth-order valence-corrected chi connectivity index (χ4v) is 4.30. The van der Waals surface area contributed by atoms with Gasteiger partial charge < -0.3 is 10.1 Å². The maximum absolute atomic E-state index is 13.2. The lowest BCUT2D eigenvalue weighted by Crippen LogP contribution is -2.37. The van der Waals surface area contributed by atoms with E-state index in [1.807, 2.05) is 38.1 Å². The van der Waals surface area contributed by atoms with Gasteiger partial charge in [-0.1, -0.05) is 24.3 Å². The largest absolute Gasteiger partial charge is 0.416 e. The minimum absolute atomic E-state index is 0.0600. The van der Waals surface area contributed by atoms with Gasteiger partial charge in [0.25, 0.3) is 0 Å². The summed E-state index contributed by atoms with van der Waals surface area (Å²) < 4.78 is 45.9. The molecule has 0 radical (unpaired) electrons. The van der Waals surface area contributed by atoms with E-state index in [2.05, 4.69) is 15.4 Å². The first-order valence-electron chi connectivity index (χ1n) is 10.1. The van der Waals surface area contributed by atoms with Crippen LogP contribution in [0.1, 0.15) is 34.1 Å². The van der Waals surface area contributed by atoms with Gasteiger partial charge in [-0.3, -0.25) is 4.98 Å². The van der Waals surface area contributed by atoms with Gasteiger partial charge in [-0.25, -0.2) is 4.79 Å². The van der Waals surface area contributed by atoms with E-state index in [0.29, 0.717) is 28.0 Å². The Morgan fingerprint density at radius 3 is 2.72 bits per heavy atom. The van der Waals surface area contributed by atoms with Gasteiger partial charge in [0.05, 0.1) is 41.7 Å². The van der Waals surface area contributed by atoms with E-state index in [1.54, 1.807) is 0 Å². The number of benzene rings is 2. The summed E-state index contributed by atoms with van der Waals surface area (Å²) in [7, 11) is 0. The zero-order valence-corrected chi connectivity index (χ0v) is 17.3. The minimum Gasteiger partial charge on any atom is -0.374 e. The fraction of sp³-hybridized carbons (Fsp3) is 0.261. The summed E-state index contributed by atoms with van der Waals surface area (Å²) in [6, 6.07) is 10.1. The lowest BCUT2D eigenvalue weighted by Gasteiger charge is -2.27. The molecule has 1 aliphatic heterocycles. The molecule has 5 rings (SSSR count). The van der Waals surface area contributed by atoms with E-state index in [-0.39, 0.29) is 13.2 Å². The molecule has 2 aromatic carbocycles. The first-order valence-corrected chi connectivity index (χ1v) is 10.1. The molecule has 2 aromatic heterocycles. The normalized spacial score (nSPS) is 16.3. The number of pyridine rings is 1. The summed E-state index contributed by atoms with van der Waals surface area (Å²) in [5, 5.41) is 9.05. The molecule has 3 heterocycles. The Labute approximate surface area is 181 Å². The SMILES string of the molecule is Cc1nn(C(=O)N[C@@H]2COCc3cc(C(F)(F)F)ccc32)c2c(C)nc3ccccc3c12. The smallest absolute Gasteiger partial charge is 0.374 e. The number of para-hydroxylation sites is 1. The number of aryl methyl sites for hydroxylation is 2. The highest BCUT2D eigenvalue weighted by atomic mass is 19.4. The van der Waals surface area contributed by atoms with Crippen LogP contribution in [0.2, 0.25) is 0 Å². The average molecular weight is 440 g/mol. The van der Waals surface area contributed by atoms with Crippen LogP contribution in [-0.4, -0.2) is 27.4 Å². The molecule has 0 saturated heterocycles. The molecule has 0 saturated carbocycles. The van der Waals surface area contributed by atoms with Crippen LogP contribution in [0.5, 0.6) is 0 Å². The van der Waals surface area contributed by atoms with Gasteiger partial charge in [0.2, 0.25) is 0 Å². The fourth-order valence-electron chi connectivity index (χ4n) is 4.30. The standard InChI is InChI=1S/C23H19F3N4O2/c1-12-20-17-5-3-4-6-18(17)27-13(2)21(20)30(29-12)22(31)28-19-11-32-10-14-9-15(23(24,25)26)7-8-16(14)19/h3-9,19H,10-11H2,1-2H3,(H,28,31)/t19-/m1/s1. The monoisotopic (exact) mass is 440 g/mol.